The van der Waals surface area contributed by atoms with Gasteiger partial charge in [0, 0.05) is 51.7 Å². The molecule has 1 N–H and O–H groups in total. The minimum atomic E-state index is 0.170. The number of carbonyl (C=O) groups is 1. The Labute approximate surface area is 143 Å². The number of aromatic nitrogens is 2. The molecule has 1 saturated carbocycles. The van der Waals surface area contributed by atoms with Crippen LogP contribution in [-0.4, -0.2) is 52.9 Å². The summed E-state index contributed by atoms with van der Waals surface area (Å²) < 4.78 is 7.66. The number of rotatable bonds is 6. The van der Waals surface area contributed by atoms with Gasteiger partial charge in [-0.15, -0.1) is 0 Å². The smallest absolute Gasteiger partial charge is 0.220 e. The van der Waals surface area contributed by atoms with Crippen LogP contribution in [0.4, 0.5) is 0 Å². The Bertz CT molecular complexity index is 576. The van der Waals surface area contributed by atoms with Gasteiger partial charge in [-0.05, 0) is 37.7 Å². The summed E-state index contributed by atoms with van der Waals surface area (Å²) in [6.07, 6.45) is 5.92. The van der Waals surface area contributed by atoms with Crippen LogP contribution in [0.5, 0.6) is 0 Å². The number of amides is 1. The van der Waals surface area contributed by atoms with Gasteiger partial charge in [-0.1, -0.05) is 0 Å². The van der Waals surface area contributed by atoms with Crippen LogP contribution < -0.4 is 5.32 Å². The van der Waals surface area contributed by atoms with Crippen molar-refractivity contribution in [2.24, 2.45) is 5.92 Å². The number of hydrogen-bond donors (Lipinski definition) is 1. The van der Waals surface area contributed by atoms with E-state index in [2.05, 4.69) is 21.0 Å². The average Bonchev–Trinajstić information content (AvgIpc) is 3.13. The molecule has 1 atom stereocenters. The van der Waals surface area contributed by atoms with E-state index in [1.807, 2.05) is 0 Å². The van der Waals surface area contributed by atoms with Crippen LogP contribution in [0, 0.1) is 5.92 Å². The van der Waals surface area contributed by atoms with Crippen molar-refractivity contribution in [1.82, 2.24) is 20.0 Å². The third-order valence-corrected chi connectivity index (χ3v) is 5.23. The molecule has 6 heteroatoms. The van der Waals surface area contributed by atoms with E-state index in [0.29, 0.717) is 18.4 Å². The first kappa shape index (κ1) is 16.1. The number of ether oxygens (including phenoxy) is 1. The van der Waals surface area contributed by atoms with Crippen LogP contribution in [0.25, 0.3) is 0 Å². The fraction of sp³-hybridized carbons (Fsp3) is 0.778. The number of aryl methyl sites for hydroxylation is 2. The third kappa shape index (κ3) is 4.16. The van der Waals surface area contributed by atoms with Crippen LogP contribution in [0.3, 0.4) is 0 Å². The molecule has 1 aliphatic carbocycles. The molecule has 6 nitrogen and oxygen atoms in total. The highest BCUT2D eigenvalue weighted by atomic mass is 16.5. The Hall–Kier alpha value is -1.40. The topological polar surface area (TPSA) is 59.4 Å². The van der Waals surface area contributed by atoms with Gasteiger partial charge in [0.05, 0.1) is 18.0 Å². The van der Waals surface area contributed by atoms with Crippen LogP contribution in [0.1, 0.15) is 43.5 Å². The normalized spacial score (nSPS) is 24.6. The van der Waals surface area contributed by atoms with E-state index in [0.717, 1.165) is 70.8 Å². The monoisotopic (exact) mass is 332 g/mol. The molecular formula is C18H28N4O2. The van der Waals surface area contributed by atoms with Gasteiger partial charge in [0.15, 0.2) is 0 Å². The van der Waals surface area contributed by atoms with Gasteiger partial charge in [-0.3, -0.25) is 14.4 Å². The molecule has 0 aromatic carbocycles. The Morgan fingerprint density at radius 2 is 2.25 bits per heavy atom. The number of nitrogens with one attached hydrogen (secondary N) is 1. The summed E-state index contributed by atoms with van der Waals surface area (Å²) in [4.78, 5) is 14.4. The van der Waals surface area contributed by atoms with Gasteiger partial charge in [-0.25, -0.2) is 0 Å². The molecular weight excluding hydrogens is 304 g/mol. The fourth-order valence-corrected chi connectivity index (χ4v) is 3.73. The molecule has 0 spiro atoms. The second kappa shape index (κ2) is 7.23. The molecule has 1 amide bonds. The first-order valence-corrected chi connectivity index (χ1v) is 9.41. The van der Waals surface area contributed by atoms with E-state index in [1.165, 1.54) is 12.1 Å². The lowest BCUT2D eigenvalue weighted by molar-refractivity contribution is -0.121. The van der Waals surface area contributed by atoms with Crippen molar-refractivity contribution in [3.05, 3.63) is 17.5 Å². The summed E-state index contributed by atoms with van der Waals surface area (Å²) in [6, 6.07) is 2.65. The maximum absolute atomic E-state index is 11.8. The van der Waals surface area contributed by atoms with Crippen molar-refractivity contribution < 1.29 is 9.53 Å². The second-order valence-electron chi connectivity index (χ2n) is 7.51. The lowest BCUT2D eigenvalue weighted by atomic mass is 10.1. The quantitative estimate of drug-likeness (QED) is 0.854. The van der Waals surface area contributed by atoms with Crippen LogP contribution >= 0.6 is 0 Å². The minimum absolute atomic E-state index is 0.170. The van der Waals surface area contributed by atoms with Crippen molar-refractivity contribution >= 4 is 5.91 Å². The number of nitrogens with zero attached hydrogens (tertiary/aromatic N) is 3. The van der Waals surface area contributed by atoms with E-state index < -0.39 is 0 Å². The van der Waals surface area contributed by atoms with Crippen molar-refractivity contribution in [2.75, 3.05) is 26.3 Å². The van der Waals surface area contributed by atoms with E-state index in [4.69, 9.17) is 9.84 Å². The molecule has 4 rings (SSSR count). The number of fused-ring (bicyclic) bond motifs is 1. The predicted octanol–water partition coefficient (Wildman–Crippen LogP) is 1.34. The molecule has 1 aromatic rings. The molecule has 0 unspecified atom stereocenters. The summed E-state index contributed by atoms with van der Waals surface area (Å²) >= 11 is 0. The summed E-state index contributed by atoms with van der Waals surface area (Å²) in [5.41, 5.74) is 2.35. The summed E-state index contributed by atoms with van der Waals surface area (Å²) in [5, 5.41) is 7.78. The highest BCUT2D eigenvalue weighted by Crippen LogP contribution is 2.20. The Morgan fingerprint density at radius 1 is 1.33 bits per heavy atom. The lowest BCUT2D eigenvalue weighted by Gasteiger charge is -2.22. The highest BCUT2D eigenvalue weighted by molar-refractivity contribution is 5.76. The van der Waals surface area contributed by atoms with E-state index >= 15 is 0 Å². The van der Waals surface area contributed by atoms with Gasteiger partial charge in [0.2, 0.25) is 5.91 Å². The highest BCUT2D eigenvalue weighted by Gasteiger charge is 2.24. The minimum Gasteiger partial charge on any atom is -0.381 e. The van der Waals surface area contributed by atoms with E-state index in [9.17, 15) is 4.79 Å². The lowest BCUT2D eigenvalue weighted by Crippen LogP contribution is -2.29. The zero-order chi connectivity index (χ0) is 16.4. The molecule has 1 aromatic heterocycles. The van der Waals surface area contributed by atoms with Gasteiger partial charge < -0.3 is 10.1 Å². The molecule has 132 valence electrons. The van der Waals surface area contributed by atoms with Crippen LogP contribution in [-0.2, 0) is 29.0 Å². The van der Waals surface area contributed by atoms with Crippen molar-refractivity contribution in [1.29, 1.82) is 0 Å². The van der Waals surface area contributed by atoms with Gasteiger partial charge in [0.1, 0.15) is 0 Å². The van der Waals surface area contributed by atoms with E-state index in [-0.39, 0.29) is 5.91 Å². The molecule has 0 radical (unpaired) electrons. The second-order valence-corrected chi connectivity index (χ2v) is 7.51. The molecule has 1 saturated heterocycles. The van der Waals surface area contributed by atoms with Crippen molar-refractivity contribution in [3.63, 3.8) is 0 Å². The number of hydrogen-bond acceptors (Lipinski definition) is 4. The van der Waals surface area contributed by atoms with Crippen molar-refractivity contribution in [2.45, 2.75) is 57.7 Å². The molecule has 2 aliphatic heterocycles. The zero-order valence-corrected chi connectivity index (χ0v) is 14.4. The predicted molar refractivity (Wildman–Crippen MR) is 90.5 cm³/mol. The van der Waals surface area contributed by atoms with Crippen molar-refractivity contribution in [3.8, 4) is 0 Å². The zero-order valence-electron chi connectivity index (χ0n) is 14.4. The Kier molecular flexibility index (Phi) is 4.85. The third-order valence-electron chi connectivity index (χ3n) is 5.23. The van der Waals surface area contributed by atoms with Gasteiger partial charge in [-0.2, -0.15) is 5.10 Å². The summed E-state index contributed by atoms with van der Waals surface area (Å²) in [6.45, 7) is 6.06. The number of carbonyl (C=O) groups excluding carboxylic acids is 1. The summed E-state index contributed by atoms with van der Waals surface area (Å²) in [7, 11) is 0. The molecule has 24 heavy (non-hydrogen) atoms. The largest absolute Gasteiger partial charge is 0.381 e. The summed E-state index contributed by atoms with van der Waals surface area (Å²) in [5.74, 6) is 0.855. The fourth-order valence-electron chi connectivity index (χ4n) is 3.73. The molecule has 2 fully saturated rings. The first-order valence-electron chi connectivity index (χ1n) is 9.41. The van der Waals surface area contributed by atoms with Gasteiger partial charge >= 0.3 is 0 Å². The molecule has 3 aliphatic rings. The molecule has 0 bridgehead atoms. The van der Waals surface area contributed by atoms with Gasteiger partial charge in [0.25, 0.3) is 0 Å². The van der Waals surface area contributed by atoms with E-state index in [1.54, 1.807) is 0 Å². The van der Waals surface area contributed by atoms with Crippen LogP contribution in [0.2, 0.25) is 0 Å². The maximum Gasteiger partial charge on any atom is 0.220 e. The maximum atomic E-state index is 11.8. The molecule has 3 heterocycles. The Morgan fingerprint density at radius 3 is 3.04 bits per heavy atom. The first-order chi connectivity index (χ1) is 11.8. The average molecular weight is 332 g/mol. The standard InChI is InChI=1S/C18H28N4O2/c23-18(19-15-2-3-15)5-4-16-10-17-12-21(7-1-8-22(17)20-16)11-14-6-9-24-13-14/h10,14-15H,1-9,11-13H2,(H,19,23)/t14-/m0/s1. The SMILES string of the molecule is O=C(CCc1cc2n(n1)CCCN(C[C@@H]1CCOC1)C2)NC1CC1. The van der Waals surface area contributed by atoms with Crippen LogP contribution in [0.15, 0.2) is 6.07 Å². The Balaban J connectivity index is 1.32.